The van der Waals surface area contributed by atoms with E-state index in [1.165, 1.54) is 0 Å². The van der Waals surface area contributed by atoms with Gasteiger partial charge in [0.25, 0.3) is 0 Å². The van der Waals surface area contributed by atoms with Gasteiger partial charge < -0.3 is 14.2 Å². The number of hydrogen-bond acceptors (Lipinski definition) is 6. The van der Waals surface area contributed by atoms with Gasteiger partial charge in [-0.25, -0.2) is 0 Å². The minimum atomic E-state index is -0.666. The Labute approximate surface area is 190 Å². The summed E-state index contributed by atoms with van der Waals surface area (Å²) < 4.78 is 17.1. The quantitative estimate of drug-likeness (QED) is 0.603. The van der Waals surface area contributed by atoms with E-state index in [9.17, 15) is 9.59 Å². The molecule has 0 radical (unpaired) electrons. The zero-order chi connectivity index (χ0) is 23.0. The third-order valence-corrected chi connectivity index (χ3v) is 6.91. The summed E-state index contributed by atoms with van der Waals surface area (Å²) in [5.41, 5.74) is 2.68. The van der Waals surface area contributed by atoms with Gasteiger partial charge in [0.15, 0.2) is 5.78 Å². The van der Waals surface area contributed by atoms with E-state index < -0.39 is 11.8 Å². The fourth-order valence-corrected chi connectivity index (χ4v) is 5.41. The van der Waals surface area contributed by atoms with E-state index in [2.05, 4.69) is 13.8 Å². The summed E-state index contributed by atoms with van der Waals surface area (Å²) in [7, 11) is 3.20. The van der Waals surface area contributed by atoms with E-state index >= 15 is 0 Å². The van der Waals surface area contributed by atoms with Crippen LogP contribution in [0, 0.1) is 11.3 Å². The van der Waals surface area contributed by atoms with Crippen LogP contribution >= 0.6 is 0 Å². The normalized spacial score (nSPS) is 25.3. The topological polar surface area (TPSA) is 74.2 Å². The lowest BCUT2D eigenvalue weighted by Crippen LogP contribution is -2.40. The van der Waals surface area contributed by atoms with Crippen molar-refractivity contribution in [3.63, 3.8) is 0 Å². The molecule has 0 amide bonds. The fourth-order valence-electron chi connectivity index (χ4n) is 5.41. The van der Waals surface area contributed by atoms with Crippen LogP contribution < -0.4 is 9.47 Å². The SMILES string of the molecule is COc1ccc(OC)c([C@@H]2C3=C(CC(C)(C)CC3=O)N=C(C)C2C(=O)OC2CCCC2)c1. The van der Waals surface area contributed by atoms with Crippen LogP contribution in [0.15, 0.2) is 34.5 Å². The van der Waals surface area contributed by atoms with Gasteiger partial charge in [0, 0.05) is 34.9 Å². The van der Waals surface area contributed by atoms with E-state index in [4.69, 9.17) is 19.2 Å². The van der Waals surface area contributed by atoms with Crippen molar-refractivity contribution in [2.24, 2.45) is 16.3 Å². The van der Waals surface area contributed by atoms with Crippen molar-refractivity contribution in [3.05, 3.63) is 35.0 Å². The molecular weight excluding hydrogens is 406 g/mol. The summed E-state index contributed by atoms with van der Waals surface area (Å²) in [5, 5.41) is 0. The number of aliphatic imine (C=N–C) groups is 1. The molecule has 6 nitrogen and oxygen atoms in total. The number of hydrogen-bond donors (Lipinski definition) is 0. The van der Waals surface area contributed by atoms with Gasteiger partial charge in [-0.15, -0.1) is 0 Å². The van der Waals surface area contributed by atoms with Gasteiger partial charge in [0.05, 0.1) is 14.2 Å². The van der Waals surface area contributed by atoms with Crippen LogP contribution in [-0.2, 0) is 14.3 Å². The maximum Gasteiger partial charge on any atom is 0.315 e. The first kappa shape index (κ1) is 22.6. The molecule has 3 aliphatic rings. The molecule has 1 fully saturated rings. The lowest BCUT2D eigenvalue weighted by atomic mass is 9.66. The van der Waals surface area contributed by atoms with E-state index in [0.29, 0.717) is 35.6 Å². The molecule has 2 atom stereocenters. The molecule has 2 aliphatic carbocycles. The number of ether oxygens (including phenoxy) is 3. The average molecular weight is 440 g/mol. The zero-order valence-corrected chi connectivity index (χ0v) is 19.7. The Hall–Kier alpha value is -2.63. The molecule has 0 aromatic heterocycles. The molecule has 1 aromatic carbocycles. The van der Waals surface area contributed by atoms with Crippen LogP contribution in [0.5, 0.6) is 11.5 Å². The van der Waals surface area contributed by atoms with Gasteiger partial charge in [-0.05, 0) is 62.6 Å². The van der Waals surface area contributed by atoms with Crippen LogP contribution in [-0.4, -0.2) is 37.8 Å². The Morgan fingerprint density at radius 1 is 1.09 bits per heavy atom. The smallest absolute Gasteiger partial charge is 0.315 e. The molecule has 0 spiro atoms. The van der Waals surface area contributed by atoms with Gasteiger partial charge in [-0.1, -0.05) is 13.8 Å². The van der Waals surface area contributed by atoms with Crippen LogP contribution in [0.2, 0.25) is 0 Å². The fraction of sp³-hybridized carbons (Fsp3) is 0.577. The van der Waals surface area contributed by atoms with Gasteiger partial charge in [0.1, 0.15) is 23.5 Å². The lowest BCUT2D eigenvalue weighted by molar-refractivity contribution is -0.151. The lowest BCUT2D eigenvalue weighted by Gasteiger charge is -2.39. The van der Waals surface area contributed by atoms with E-state index in [0.717, 1.165) is 36.9 Å². The van der Waals surface area contributed by atoms with Gasteiger partial charge in [-0.2, -0.15) is 0 Å². The number of methoxy groups -OCH3 is 2. The number of allylic oxidation sites excluding steroid dienone is 2. The zero-order valence-electron chi connectivity index (χ0n) is 19.7. The maximum atomic E-state index is 13.5. The molecular formula is C26H33NO5. The van der Waals surface area contributed by atoms with Crippen LogP contribution in [0.25, 0.3) is 0 Å². The molecule has 0 saturated heterocycles. The van der Waals surface area contributed by atoms with E-state index in [1.807, 2.05) is 25.1 Å². The number of benzene rings is 1. The van der Waals surface area contributed by atoms with E-state index in [1.54, 1.807) is 14.2 Å². The molecule has 4 rings (SSSR count). The van der Waals surface area contributed by atoms with Crippen molar-refractivity contribution in [3.8, 4) is 11.5 Å². The number of nitrogens with zero attached hydrogens (tertiary/aromatic N) is 1. The molecule has 0 bridgehead atoms. The number of rotatable bonds is 5. The summed E-state index contributed by atoms with van der Waals surface area (Å²) in [5.74, 6) is -0.174. The highest BCUT2D eigenvalue weighted by molar-refractivity contribution is 6.09. The second-order valence-electron chi connectivity index (χ2n) is 9.96. The van der Waals surface area contributed by atoms with Crippen molar-refractivity contribution >= 4 is 17.5 Å². The standard InChI is InChI=1S/C26H33NO5/c1-15-22(25(29)32-16-8-6-7-9-16)23(18-12-17(30-4)10-11-21(18)31-5)24-19(27-15)13-26(2,3)14-20(24)28/h10-12,16,22-23H,6-9,13-14H2,1-5H3/t22?,23-/m0/s1. The second-order valence-corrected chi connectivity index (χ2v) is 9.96. The molecule has 1 unspecified atom stereocenters. The predicted octanol–water partition coefficient (Wildman–Crippen LogP) is 5.01. The van der Waals surface area contributed by atoms with Crippen molar-refractivity contribution < 1.29 is 23.8 Å². The summed E-state index contributed by atoms with van der Waals surface area (Å²) in [4.78, 5) is 31.8. The Morgan fingerprint density at radius 3 is 2.47 bits per heavy atom. The number of ketones is 1. The van der Waals surface area contributed by atoms with E-state index in [-0.39, 0.29) is 23.3 Å². The molecule has 0 N–H and O–H groups in total. The first-order valence-corrected chi connectivity index (χ1v) is 11.5. The van der Waals surface area contributed by atoms with Crippen LogP contribution in [0.1, 0.15) is 70.8 Å². The first-order chi connectivity index (χ1) is 15.2. The summed E-state index contributed by atoms with van der Waals surface area (Å²) in [6, 6.07) is 5.51. The molecule has 32 heavy (non-hydrogen) atoms. The molecule has 1 aromatic rings. The van der Waals surface area contributed by atoms with Gasteiger partial charge in [-0.3, -0.25) is 14.6 Å². The van der Waals surface area contributed by atoms with Crippen LogP contribution in [0.3, 0.4) is 0 Å². The maximum absolute atomic E-state index is 13.5. The Bertz CT molecular complexity index is 984. The number of carbonyl (C=O) groups is 2. The third kappa shape index (κ3) is 4.19. The Morgan fingerprint density at radius 2 is 1.81 bits per heavy atom. The number of Topliss-reactive ketones (excluding diaryl/α,β-unsaturated/α-hetero) is 1. The molecule has 172 valence electrons. The predicted molar refractivity (Wildman–Crippen MR) is 122 cm³/mol. The molecule has 1 saturated carbocycles. The minimum Gasteiger partial charge on any atom is -0.497 e. The summed E-state index contributed by atoms with van der Waals surface area (Å²) in [6.45, 7) is 6.04. The van der Waals surface area contributed by atoms with Gasteiger partial charge >= 0.3 is 5.97 Å². The summed E-state index contributed by atoms with van der Waals surface area (Å²) >= 11 is 0. The molecule has 1 heterocycles. The first-order valence-electron chi connectivity index (χ1n) is 11.5. The van der Waals surface area contributed by atoms with Crippen LogP contribution in [0.4, 0.5) is 0 Å². The highest BCUT2D eigenvalue weighted by Gasteiger charge is 2.47. The third-order valence-electron chi connectivity index (χ3n) is 6.91. The summed E-state index contributed by atoms with van der Waals surface area (Å²) in [6.07, 6.45) is 4.99. The molecule has 1 aliphatic heterocycles. The monoisotopic (exact) mass is 439 g/mol. The van der Waals surface area contributed by atoms with Gasteiger partial charge in [0.2, 0.25) is 0 Å². The van der Waals surface area contributed by atoms with Crippen molar-refractivity contribution in [1.82, 2.24) is 0 Å². The largest absolute Gasteiger partial charge is 0.497 e. The highest BCUT2D eigenvalue weighted by atomic mass is 16.5. The Balaban J connectivity index is 1.85. The number of carbonyl (C=O) groups excluding carboxylic acids is 2. The average Bonchev–Trinajstić information content (AvgIpc) is 3.24. The Kier molecular flexibility index (Phi) is 6.15. The van der Waals surface area contributed by atoms with Crippen molar-refractivity contribution in [2.75, 3.05) is 14.2 Å². The van der Waals surface area contributed by atoms with Crippen molar-refractivity contribution in [1.29, 1.82) is 0 Å². The number of esters is 1. The second kappa shape index (κ2) is 8.72. The van der Waals surface area contributed by atoms with Crippen molar-refractivity contribution in [2.45, 2.75) is 71.3 Å². The highest BCUT2D eigenvalue weighted by Crippen LogP contribution is 2.50. The minimum absolute atomic E-state index is 0.0426. The molecule has 6 heteroatoms.